The van der Waals surface area contributed by atoms with Crippen molar-refractivity contribution in [2.24, 2.45) is 4.99 Å². The molecule has 0 spiro atoms. The van der Waals surface area contributed by atoms with E-state index in [2.05, 4.69) is 28.7 Å². The molecule has 22 heavy (non-hydrogen) atoms. The number of aromatic hydroxyl groups is 1. The van der Waals surface area contributed by atoms with Gasteiger partial charge < -0.3 is 10.0 Å². The topological polar surface area (TPSA) is 48.7 Å². The van der Waals surface area contributed by atoms with E-state index in [-0.39, 0.29) is 5.75 Å². The van der Waals surface area contributed by atoms with Crippen LogP contribution in [0.4, 0.5) is 5.69 Å². The Morgan fingerprint density at radius 3 is 2.23 bits per heavy atom. The van der Waals surface area contributed by atoms with Crippen molar-refractivity contribution in [3.05, 3.63) is 18.5 Å². The maximum absolute atomic E-state index is 9.72. The molecule has 0 saturated heterocycles. The van der Waals surface area contributed by atoms with Crippen molar-refractivity contribution in [1.82, 2.24) is 9.88 Å². The first kappa shape index (κ1) is 18.5. The molecule has 1 N–H and O–H groups in total. The lowest BCUT2D eigenvalue weighted by atomic mass is 10.2. The lowest BCUT2D eigenvalue weighted by Gasteiger charge is -2.19. The number of nitrogens with zero attached hydrogens (tertiary/aromatic N) is 3. The molecule has 0 aliphatic carbocycles. The number of unbranched alkanes of at least 4 members (excludes halogenated alkanes) is 6. The van der Waals surface area contributed by atoms with E-state index in [4.69, 9.17) is 0 Å². The van der Waals surface area contributed by atoms with Crippen molar-refractivity contribution in [1.29, 1.82) is 0 Å². The molecule has 0 radical (unpaired) electrons. The molecule has 1 aromatic rings. The normalized spacial score (nSPS) is 11.2. The molecule has 1 heterocycles. The highest BCUT2D eigenvalue weighted by molar-refractivity contribution is 5.64. The monoisotopic (exact) mass is 305 g/mol. The van der Waals surface area contributed by atoms with Gasteiger partial charge in [-0.3, -0.25) is 4.98 Å². The Balaban J connectivity index is 2.49. The third-order valence-electron chi connectivity index (χ3n) is 3.74. The summed E-state index contributed by atoms with van der Waals surface area (Å²) in [5.74, 6) is 0.135. The summed E-state index contributed by atoms with van der Waals surface area (Å²) >= 11 is 0. The average Bonchev–Trinajstić information content (AvgIpc) is 2.53. The van der Waals surface area contributed by atoms with Gasteiger partial charge in [-0.15, -0.1) is 0 Å². The zero-order valence-corrected chi connectivity index (χ0v) is 14.2. The molecule has 0 fully saturated rings. The molecule has 0 aliphatic rings. The molecule has 0 saturated carbocycles. The van der Waals surface area contributed by atoms with Crippen molar-refractivity contribution in [2.75, 3.05) is 13.1 Å². The van der Waals surface area contributed by atoms with Crippen LogP contribution in [0.1, 0.15) is 65.2 Å². The summed E-state index contributed by atoms with van der Waals surface area (Å²) in [5.41, 5.74) is 0.585. The van der Waals surface area contributed by atoms with Gasteiger partial charge in [0.05, 0.1) is 12.5 Å². The zero-order valence-electron chi connectivity index (χ0n) is 14.2. The van der Waals surface area contributed by atoms with Crippen LogP contribution in [0.2, 0.25) is 0 Å². The van der Waals surface area contributed by atoms with Gasteiger partial charge in [-0.1, -0.05) is 52.4 Å². The van der Waals surface area contributed by atoms with Gasteiger partial charge in [-0.05, 0) is 18.9 Å². The van der Waals surface area contributed by atoms with Crippen LogP contribution in [-0.4, -0.2) is 34.4 Å². The molecular formula is C18H31N3O. The first-order valence-corrected chi connectivity index (χ1v) is 8.69. The summed E-state index contributed by atoms with van der Waals surface area (Å²) in [5, 5.41) is 9.72. The number of aromatic nitrogens is 1. The van der Waals surface area contributed by atoms with Crippen LogP contribution in [0.3, 0.4) is 0 Å². The van der Waals surface area contributed by atoms with Crippen LogP contribution in [0.15, 0.2) is 23.5 Å². The molecule has 0 bridgehead atoms. The standard InChI is InChI=1S/C18H31N3O/c1-3-5-7-9-13-21(14-10-8-6-4-2)16-20-17-11-12-19-15-18(17)22/h11-12,15-16,22H,3-10,13-14H2,1-2H3/b20-16+. The van der Waals surface area contributed by atoms with Gasteiger partial charge >= 0.3 is 0 Å². The smallest absolute Gasteiger partial charge is 0.159 e. The second-order valence-corrected chi connectivity index (χ2v) is 5.77. The van der Waals surface area contributed by atoms with Crippen LogP contribution < -0.4 is 0 Å². The number of hydrogen-bond donors (Lipinski definition) is 1. The first-order chi connectivity index (χ1) is 10.8. The van der Waals surface area contributed by atoms with Gasteiger partial charge in [0.15, 0.2) is 5.75 Å². The summed E-state index contributed by atoms with van der Waals surface area (Å²) < 4.78 is 0. The van der Waals surface area contributed by atoms with E-state index in [0.29, 0.717) is 5.69 Å². The minimum atomic E-state index is 0.135. The third-order valence-corrected chi connectivity index (χ3v) is 3.74. The summed E-state index contributed by atoms with van der Waals surface area (Å²) in [6.07, 6.45) is 15.0. The van der Waals surface area contributed by atoms with Crippen LogP contribution in [-0.2, 0) is 0 Å². The quantitative estimate of drug-likeness (QED) is 0.339. The van der Waals surface area contributed by atoms with E-state index in [1.54, 1.807) is 12.3 Å². The highest BCUT2D eigenvalue weighted by Crippen LogP contribution is 2.23. The van der Waals surface area contributed by atoms with E-state index < -0.39 is 0 Å². The van der Waals surface area contributed by atoms with Crippen LogP contribution >= 0.6 is 0 Å². The predicted octanol–water partition coefficient (Wildman–Crippen LogP) is 4.91. The molecule has 0 aromatic carbocycles. The van der Waals surface area contributed by atoms with Crippen molar-refractivity contribution in [3.63, 3.8) is 0 Å². The Labute approximate surface area is 135 Å². The molecular weight excluding hydrogens is 274 g/mol. The second kappa shape index (κ2) is 12.0. The number of pyridine rings is 1. The maximum Gasteiger partial charge on any atom is 0.159 e. The van der Waals surface area contributed by atoms with Crippen molar-refractivity contribution in [3.8, 4) is 5.75 Å². The van der Waals surface area contributed by atoms with Crippen LogP contribution in [0, 0.1) is 0 Å². The third kappa shape index (κ3) is 8.01. The van der Waals surface area contributed by atoms with Crippen LogP contribution in [0.25, 0.3) is 0 Å². The number of rotatable bonds is 12. The lowest BCUT2D eigenvalue weighted by Crippen LogP contribution is -2.24. The molecule has 124 valence electrons. The second-order valence-electron chi connectivity index (χ2n) is 5.77. The highest BCUT2D eigenvalue weighted by atomic mass is 16.3. The minimum Gasteiger partial charge on any atom is -0.504 e. The van der Waals surface area contributed by atoms with Crippen LogP contribution in [0.5, 0.6) is 5.75 Å². The van der Waals surface area contributed by atoms with Gasteiger partial charge in [0.1, 0.15) is 5.69 Å². The fourth-order valence-electron chi connectivity index (χ4n) is 2.34. The Kier molecular flexibility index (Phi) is 10.1. The van der Waals surface area contributed by atoms with Gasteiger partial charge in [0.25, 0.3) is 0 Å². The van der Waals surface area contributed by atoms with Crippen molar-refractivity contribution >= 4 is 12.0 Å². The van der Waals surface area contributed by atoms with Crippen molar-refractivity contribution in [2.45, 2.75) is 65.2 Å². The molecule has 1 rings (SSSR count). The van der Waals surface area contributed by atoms with E-state index in [9.17, 15) is 5.11 Å². The summed E-state index contributed by atoms with van der Waals surface area (Å²) in [7, 11) is 0. The Morgan fingerprint density at radius 2 is 1.68 bits per heavy atom. The van der Waals surface area contributed by atoms with E-state index in [1.807, 2.05) is 6.34 Å². The molecule has 0 atom stereocenters. The average molecular weight is 305 g/mol. The van der Waals surface area contributed by atoms with Crippen molar-refractivity contribution < 1.29 is 5.11 Å². The van der Waals surface area contributed by atoms with E-state index >= 15 is 0 Å². The predicted molar refractivity (Wildman–Crippen MR) is 93.9 cm³/mol. The molecule has 4 heteroatoms. The zero-order chi connectivity index (χ0) is 16.0. The summed E-state index contributed by atoms with van der Waals surface area (Å²) in [6.45, 7) is 6.55. The summed E-state index contributed by atoms with van der Waals surface area (Å²) in [4.78, 5) is 10.6. The van der Waals surface area contributed by atoms with Gasteiger partial charge in [-0.2, -0.15) is 0 Å². The van der Waals surface area contributed by atoms with Gasteiger partial charge in [0, 0.05) is 19.3 Å². The van der Waals surface area contributed by atoms with E-state index in [0.717, 1.165) is 13.1 Å². The Bertz CT molecular complexity index is 409. The molecule has 0 amide bonds. The molecule has 4 nitrogen and oxygen atoms in total. The minimum absolute atomic E-state index is 0.135. The van der Waals surface area contributed by atoms with Gasteiger partial charge in [0.2, 0.25) is 0 Å². The fourth-order valence-corrected chi connectivity index (χ4v) is 2.34. The number of hydrogen-bond acceptors (Lipinski definition) is 3. The Hall–Kier alpha value is -1.58. The molecule has 1 aromatic heterocycles. The fraction of sp³-hybridized carbons (Fsp3) is 0.667. The van der Waals surface area contributed by atoms with Gasteiger partial charge in [-0.25, -0.2) is 4.99 Å². The highest BCUT2D eigenvalue weighted by Gasteiger charge is 2.02. The molecule has 0 aliphatic heterocycles. The van der Waals surface area contributed by atoms with E-state index in [1.165, 1.54) is 57.6 Å². The lowest BCUT2D eigenvalue weighted by molar-refractivity contribution is 0.396. The number of aliphatic imine (C=N–C) groups is 1. The molecule has 0 unspecified atom stereocenters. The Morgan fingerprint density at radius 1 is 1.05 bits per heavy atom. The summed E-state index contributed by atoms with van der Waals surface area (Å²) in [6, 6.07) is 1.73. The first-order valence-electron chi connectivity index (χ1n) is 8.69. The maximum atomic E-state index is 9.72. The SMILES string of the molecule is CCCCCCN(/C=N/c1ccncc1O)CCCCCC. The largest absolute Gasteiger partial charge is 0.504 e.